The minimum Gasteiger partial charge on any atom is -1.00 e. The molecule has 1 fully saturated rings. The average molecular weight is 166 g/mol. The van der Waals surface area contributed by atoms with Crippen LogP contribution in [0.15, 0.2) is 0 Å². The number of hydrogen-bond donors (Lipinski definition) is 1. The highest BCUT2D eigenvalue weighted by Gasteiger charge is 2.39. The molecule has 0 unspecified atom stereocenters. The van der Waals surface area contributed by atoms with E-state index in [1.165, 1.54) is 13.1 Å². The highest BCUT2D eigenvalue weighted by molar-refractivity contribution is 4.64. The molecule has 0 amide bonds. The molecule has 1 rings (SSSR count). The predicted molar refractivity (Wildman–Crippen MR) is 37.1 cm³/mol. The number of nitrogens with zero attached hydrogens (tertiary/aromatic N) is 1. The van der Waals surface area contributed by atoms with Gasteiger partial charge < -0.3 is 22.0 Å². The van der Waals surface area contributed by atoms with Gasteiger partial charge in [-0.25, -0.2) is 0 Å². The number of aliphatic hydroxyl groups is 1. The first kappa shape index (κ1) is 10.2. The zero-order chi connectivity index (χ0) is 6.91. The molecule has 2 nitrogen and oxygen atoms in total. The van der Waals surface area contributed by atoms with E-state index < -0.39 is 0 Å². The molecule has 3 heteroatoms. The Morgan fingerprint density at radius 2 is 1.70 bits per heavy atom. The number of likely N-dealkylation sites (N-methyl/N-ethyl adjacent to an activating group) is 1. The second-order valence-electron chi connectivity index (χ2n) is 2.99. The molecular weight excluding hydrogens is 150 g/mol. The maximum absolute atomic E-state index is 9.03. The Balaban J connectivity index is 0.000000810. The van der Waals surface area contributed by atoms with Crippen LogP contribution in [0.3, 0.4) is 0 Å². The zero-order valence-corrected chi connectivity index (χ0v) is 7.43. The minimum absolute atomic E-state index is 0. The van der Waals surface area contributed by atoms with Crippen molar-refractivity contribution in [3.05, 3.63) is 0 Å². The third-order valence-electron chi connectivity index (χ3n) is 2.54. The van der Waals surface area contributed by atoms with E-state index in [0.717, 1.165) is 17.6 Å². The van der Waals surface area contributed by atoms with Gasteiger partial charge in [0.25, 0.3) is 0 Å². The summed E-state index contributed by atoms with van der Waals surface area (Å²) >= 11 is 0. The van der Waals surface area contributed by atoms with Crippen LogP contribution < -0.4 is 12.4 Å². The molecule has 0 aromatic heterocycles. The quantitative estimate of drug-likeness (QED) is 0.439. The summed E-state index contributed by atoms with van der Waals surface area (Å²) in [5, 5.41) is 9.03. The molecule has 1 heterocycles. The van der Waals surface area contributed by atoms with Gasteiger partial charge in [-0.05, 0) is 13.8 Å². The lowest BCUT2D eigenvalue weighted by Crippen LogP contribution is -3.00. The maximum Gasteiger partial charge on any atom is 0.152 e. The summed E-state index contributed by atoms with van der Waals surface area (Å²) in [4.78, 5) is 0. The first-order chi connectivity index (χ1) is 4.22. The first-order valence-electron chi connectivity index (χ1n) is 3.75. The number of rotatable bonds is 2. The second-order valence-corrected chi connectivity index (χ2v) is 2.99. The lowest BCUT2D eigenvalue weighted by molar-refractivity contribution is -0.969. The Labute approximate surface area is 68.8 Å². The molecule has 0 aliphatic carbocycles. The SMILES string of the molecule is CC[N+]1(CC)CC(O)C1.[Cl-]. The van der Waals surface area contributed by atoms with Crippen molar-refractivity contribution < 1.29 is 22.0 Å². The van der Waals surface area contributed by atoms with Gasteiger partial charge in [-0.2, -0.15) is 0 Å². The average Bonchev–Trinajstić information content (AvgIpc) is 1.81. The number of quaternary nitrogens is 1. The lowest BCUT2D eigenvalue weighted by atomic mass is 10.1. The molecule has 62 valence electrons. The van der Waals surface area contributed by atoms with Crippen LogP contribution in [0.1, 0.15) is 13.8 Å². The number of likely N-dealkylation sites (tertiary alicyclic amines) is 1. The molecule has 0 aromatic rings. The normalized spacial score (nSPS) is 23.1. The van der Waals surface area contributed by atoms with E-state index in [-0.39, 0.29) is 18.5 Å². The molecule has 0 radical (unpaired) electrons. The Kier molecular flexibility index (Phi) is 3.63. The van der Waals surface area contributed by atoms with Crippen LogP contribution in [0.2, 0.25) is 0 Å². The van der Waals surface area contributed by atoms with Gasteiger partial charge in [0.15, 0.2) is 6.10 Å². The van der Waals surface area contributed by atoms with Gasteiger partial charge in [-0.15, -0.1) is 0 Å². The van der Waals surface area contributed by atoms with Crippen molar-refractivity contribution in [2.24, 2.45) is 0 Å². The molecule has 1 aliphatic heterocycles. The number of hydrogen-bond acceptors (Lipinski definition) is 1. The van der Waals surface area contributed by atoms with Crippen LogP contribution in [-0.4, -0.2) is 41.9 Å². The number of halogens is 1. The van der Waals surface area contributed by atoms with Gasteiger partial charge in [0.1, 0.15) is 13.1 Å². The smallest absolute Gasteiger partial charge is 0.152 e. The van der Waals surface area contributed by atoms with Gasteiger partial charge in [-0.1, -0.05) is 0 Å². The van der Waals surface area contributed by atoms with Crippen molar-refractivity contribution in [1.82, 2.24) is 0 Å². The second kappa shape index (κ2) is 3.56. The van der Waals surface area contributed by atoms with Crippen LogP contribution in [0.4, 0.5) is 0 Å². The summed E-state index contributed by atoms with van der Waals surface area (Å²) in [7, 11) is 0. The summed E-state index contributed by atoms with van der Waals surface area (Å²) in [6, 6.07) is 0. The molecule has 0 saturated carbocycles. The summed E-state index contributed by atoms with van der Waals surface area (Å²) < 4.78 is 1.13. The Morgan fingerprint density at radius 1 is 1.30 bits per heavy atom. The number of aliphatic hydroxyl groups excluding tert-OH is 1. The fourth-order valence-electron chi connectivity index (χ4n) is 1.58. The molecule has 1 aliphatic rings. The Bertz CT molecular complexity index is 95.8. The summed E-state index contributed by atoms with van der Waals surface area (Å²) in [6.45, 7) is 8.69. The van der Waals surface area contributed by atoms with Gasteiger partial charge in [0.05, 0.1) is 13.1 Å². The highest BCUT2D eigenvalue weighted by Crippen LogP contribution is 2.18. The van der Waals surface area contributed by atoms with Gasteiger partial charge in [0.2, 0.25) is 0 Å². The van der Waals surface area contributed by atoms with Crippen LogP contribution >= 0.6 is 0 Å². The van der Waals surface area contributed by atoms with Crippen LogP contribution in [0.25, 0.3) is 0 Å². The molecule has 0 bridgehead atoms. The first-order valence-corrected chi connectivity index (χ1v) is 3.75. The topological polar surface area (TPSA) is 20.2 Å². The predicted octanol–water partition coefficient (Wildman–Crippen LogP) is -2.78. The summed E-state index contributed by atoms with van der Waals surface area (Å²) in [5.74, 6) is 0. The zero-order valence-electron chi connectivity index (χ0n) is 6.68. The Morgan fingerprint density at radius 3 is 1.80 bits per heavy atom. The fraction of sp³-hybridized carbons (Fsp3) is 1.00. The third kappa shape index (κ3) is 1.62. The molecule has 0 aromatic carbocycles. The highest BCUT2D eigenvalue weighted by atomic mass is 35.5. The van der Waals surface area contributed by atoms with Crippen molar-refractivity contribution in [2.45, 2.75) is 20.0 Å². The van der Waals surface area contributed by atoms with E-state index in [1.54, 1.807) is 0 Å². The standard InChI is InChI=1S/C7H16NO.ClH/c1-3-8(4-2)5-7(9)6-8;/h7,9H,3-6H2,1-2H3;1H/q+1;/p-1. The van der Waals surface area contributed by atoms with Crippen LogP contribution in [0.5, 0.6) is 0 Å². The molecule has 0 atom stereocenters. The van der Waals surface area contributed by atoms with E-state index >= 15 is 0 Å². The van der Waals surface area contributed by atoms with E-state index in [4.69, 9.17) is 5.11 Å². The van der Waals surface area contributed by atoms with E-state index in [2.05, 4.69) is 13.8 Å². The minimum atomic E-state index is -0.00935. The summed E-state index contributed by atoms with van der Waals surface area (Å²) in [6.07, 6.45) is -0.00935. The van der Waals surface area contributed by atoms with Crippen molar-refractivity contribution >= 4 is 0 Å². The van der Waals surface area contributed by atoms with Crippen molar-refractivity contribution in [2.75, 3.05) is 26.2 Å². The van der Waals surface area contributed by atoms with Crippen molar-refractivity contribution in [3.8, 4) is 0 Å². The fourth-order valence-corrected chi connectivity index (χ4v) is 1.58. The van der Waals surface area contributed by atoms with Crippen molar-refractivity contribution in [1.29, 1.82) is 0 Å². The largest absolute Gasteiger partial charge is 1.00 e. The van der Waals surface area contributed by atoms with E-state index in [1.807, 2.05) is 0 Å². The third-order valence-corrected chi connectivity index (χ3v) is 2.54. The van der Waals surface area contributed by atoms with E-state index in [0.29, 0.717) is 0 Å². The van der Waals surface area contributed by atoms with Crippen LogP contribution in [0, 0.1) is 0 Å². The lowest BCUT2D eigenvalue weighted by Gasteiger charge is -2.47. The van der Waals surface area contributed by atoms with Crippen LogP contribution in [-0.2, 0) is 0 Å². The summed E-state index contributed by atoms with van der Waals surface area (Å²) in [5.41, 5.74) is 0. The van der Waals surface area contributed by atoms with Gasteiger partial charge >= 0.3 is 0 Å². The Hall–Kier alpha value is 0.210. The van der Waals surface area contributed by atoms with Gasteiger partial charge in [-0.3, -0.25) is 0 Å². The molecule has 1 N–H and O–H groups in total. The molecular formula is C7H16ClNO. The molecule has 10 heavy (non-hydrogen) atoms. The monoisotopic (exact) mass is 165 g/mol. The molecule has 1 saturated heterocycles. The van der Waals surface area contributed by atoms with Gasteiger partial charge in [0, 0.05) is 0 Å². The van der Waals surface area contributed by atoms with Crippen molar-refractivity contribution in [3.63, 3.8) is 0 Å². The maximum atomic E-state index is 9.03. The molecule has 0 spiro atoms. The van der Waals surface area contributed by atoms with E-state index in [9.17, 15) is 0 Å².